The van der Waals surface area contributed by atoms with Gasteiger partial charge in [0.1, 0.15) is 6.54 Å². The highest BCUT2D eigenvalue weighted by Crippen LogP contribution is 2.28. The molecule has 0 saturated carbocycles. The Bertz CT molecular complexity index is 958. The summed E-state index contributed by atoms with van der Waals surface area (Å²) in [7, 11) is -3.65. The van der Waals surface area contributed by atoms with E-state index in [1.165, 1.54) is 0 Å². The smallest absolute Gasteiger partial charge is 0.241 e. The van der Waals surface area contributed by atoms with Crippen molar-refractivity contribution in [3.05, 3.63) is 63.7 Å². The van der Waals surface area contributed by atoms with Gasteiger partial charge in [-0.1, -0.05) is 41.4 Å². The Hall–Kier alpha value is -2.05. The monoisotopic (exact) mass is 408 g/mol. The van der Waals surface area contributed by atoms with Crippen LogP contribution < -0.4 is 9.62 Å². The first-order valence-corrected chi connectivity index (χ1v) is 10.8. The summed E-state index contributed by atoms with van der Waals surface area (Å²) in [5.74, 6) is -0.382. The average Bonchev–Trinajstić information content (AvgIpc) is 2.54. The summed E-state index contributed by atoms with van der Waals surface area (Å²) >= 11 is 6.12. The summed E-state index contributed by atoms with van der Waals surface area (Å²) in [6.07, 6.45) is 1.08. The number of carbonyl (C=O) groups excluding carboxylic acids is 1. The summed E-state index contributed by atoms with van der Waals surface area (Å²) in [5.41, 5.74) is 4.24. The highest BCUT2D eigenvalue weighted by Gasteiger charge is 2.24. The van der Waals surface area contributed by atoms with Crippen molar-refractivity contribution in [1.82, 2.24) is 5.32 Å². The minimum absolute atomic E-state index is 0.236. The molecule has 0 aliphatic rings. The molecule has 0 aromatic heterocycles. The van der Waals surface area contributed by atoms with Gasteiger partial charge >= 0.3 is 0 Å². The minimum Gasteiger partial charge on any atom is -0.348 e. The van der Waals surface area contributed by atoms with E-state index < -0.39 is 10.0 Å². The molecule has 0 bridgehead atoms. The van der Waals surface area contributed by atoms with Crippen molar-refractivity contribution in [3.63, 3.8) is 0 Å². The van der Waals surface area contributed by atoms with Crippen molar-refractivity contribution in [1.29, 1.82) is 0 Å². The molecule has 0 unspecified atom stereocenters. The molecule has 27 heavy (non-hydrogen) atoms. The third-order valence-electron chi connectivity index (χ3n) is 4.46. The molecular formula is C20H25ClN2O3S. The molecule has 0 aliphatic carbocycles. The van der Waals surface area contributed by atoms with Crippen molar-refractivity contribution in [2.45, 2.75) is 33.7 Å². The van der Waals surface area contributed by atoms with Gasteiger partial charge in [-0.25, -0.2) is 8.42 Å². The molecular weight excluding hydrogens is 384 g/mol. The Kier molecular flexibility index (Phi) is 6.54. The van der Waals surface area contributed by atoms with E-state index in [1.807, 2.05) is 32.9 Å². The van der Waals surface area contributed by atoms with Crippen LogP contribution in [0.3, 0.4) is 0 Å². The van der Waals surface area contributed by atoms with Crippen LogP contribution in [0.4, 0.5) is 5.69 Å². The Balaban J connectivity index is 2.23. The van der Waals surface area contributed by atoms with Gasteiger partial charge in [0.15, 0.2) is 0 Å². The Morgan fingerprint density at radius 3 is 2.44 bits per heavy atom. The Morgan fingerprint density at radius 2 is 1.85 bits per heavy atom. The van der Waals surface area contributed by atoms with Crippen LogP contribution in [-0.4, -0.2) is 27.1 Å². The number of sulfonamides is 1. The predicted molar refractivity (Wildman–Crippen MR) is 111 cm³/mol. The number of anilines is 1. The number of rotatable bonds is 6. The number of aryl methyl sites for hydroxylation is 2. The fourth-order valence-corrected chi connectivity index (χ4v) is 4.13. The third kappa shape index (κ3) is 5.23. The predicted octanol–water partition coefficient (Wildman–Crippen LogP) is 3.91. The highest BCUT2D eigenvalue weighted by molar-refractivity contribution is 7.92. The number of benzene rings is 2. The second-order valence-corrected chi connectivity index (χ2v) is 9.12. The zero-order valence-electron chi connectivity index (χ0n) is 16.2. The van der Waals surface area contributed by atoms with Gasteiger partial charge in [0.2, 0.25) is 15.9 Å². The topological polar surface area (TPSA) is 66.5 Å². The molecule has 1 atom stereocenters. The SMILES string of the molecule is Cc1ccc([C@H](C)NC(=O)CN(c2cccc(Cl)c2C)S(C)(=O)=O)c(C)c1. The van der Waals surface area contributed by atoms with Crippen LogP contribution in [0.1, 0.15) is 35.2 Å². The molecule has 0 fully saturated rings. The largest absolute Gasteiger partial charge is 0.348 e. The van der Waals surface area contributed by atoms with Crippen LogP contribution in [0.25, 0.3) is 0 Å². The van der Waals surface area contributed by atoms with E-state index in [1.54, 1.807) is 25.1 Å². The number of carbonyl (C=O) groups is 1. The molecule has 2 aromatic carbocycles. The first-order chi connectivity index (χ1) is 12.5. The lowest BCUT2D eigenvalue weighted by Gasteiger charge is -2.25. The molecule has 7 heteroatoms. The standard InChI is InChI=1S/C20H25ClN2O3S/c1-13-9-10-17(14(2)11-13)16(4)22-20(24)12-23(27(5,25)26)19-8-6-7-18(21)15(19)3/h6-11,16H,12H2,1-5H3,(H,22,24)/t16-/m0/s1. The van der Waals surface area contributed by atoms with Crippen LogP contribution in [0.15, 0.2) is 36.4 Å². The first-order valence-electron chi connectivity index (χ1n) is 8.60. The van der Waals surface area contributed by atoms with Crippen LogP contribution in [0.2, 0.25) is 5.02 Å². The average molecular weight is 409 g/mol. The molecule has 0 radical (unpaired) electrons. The summed E-state index contributed by atoms with van der Waals surface area (Å²) in [4.78, 5) is 12.6. The lowest BCUT2D eigenvalue weighted by Crippen LogP contribution is -2.41. The lowest BCUT2D eigenvalue weighted by atomic mass is 10.0. The van der Waals surface area contributed by atoms with Gasteiger partial charge in [0.05, 0.1) is 18.0 Å². The summed E-state index contributed by atoms with van der Waals surface area (Å²) in [6.45, 7) is 7.30. The second-order valence-electron chi connectivity index (χ2n) is 6.80. The number of hydrogen-bond acceptors (Lipinski definition) is 3. The van der Waals surface area contributed by atoms with Gasteiger partial charge in [-0.2, -0.15) is 0 Å². The summed E-state index contributed by atoms with van der Waals surface area (Å²) in [5, 5.41) is 3.33. The second kappa shape index (κ2) is 8.31. The Morgan fingerprint density at radius 1 is 1.19 bits per heavy atom. The lowest BCUT2D eigenvalue weighted by molar-refractivity contribution is -0.120. The van der Waals surface area contributed by atoms with Crippen LogP contribution >= 0.6 is 11.6 Å². The van der Waals surface area contributed by atoms with Crippen molar-refractivity contribution < 1.29 is 13.2 Å². The molecule has 1 N–H and O–H groups in total. The minimum atomic E-state index is -3.65. The Labute approximate surface area is 166 Å². The molecule has 5 nitrogen and oxygen atoms in total. The summed E-state index contributed by atoms with van der Waals surface area (Å²) < 4.78 is 25.6. The number of amides is 1. The van der Waals surface area contributed by atoms with E-state index in [9.17, 15) is 13.2 Å². The third-order valence-corrected chi connectivity index (χ3v) is 6.00. The maximum atomic E-state index is 12.6. The number of nitrogens with one attached hydrogen (secondary N) is 1. The molecule has 2 rings (SSSR count). The molecule has 0 aliphatic heterocycles. The van der Waals surface area contributed by atoms with Crippen molar-refractivity contribution in [2.24, 2.45) is 0 Å². The number of hydrogen-bond donors (Lipinski definition) is 1. The van der Waals surface area contributed by atoms with Crippen molar-refractivity contribution >= 4 is 33.2 Å². The van der Waals surface area contributed by atoms with Gasteiger partial charge in [-0.3, -0.25) is 9.10 Å². The molecule has 2 aromatic rings. The van der Waals surface area contributed by atoms with Crippen LogP contribution in [0.5, 0.6) is 0 Å². The molecule has 1 amide bonds. The summed E-state index contributed by atoms with van der Waals surface area (Å²) in [6, 6.07) is 10.8. The maximum Gasteiger partial charge on any atom is 0.241 e. The fourth-order valence-electron chi connectivity index (χ4n) is 3.05. The van der Waals surface area contributed by atoms with E-state index in [0.717, 1.165) is 27.3 Å². The number of nitrogens with zero attached hydrogens (tertiary/aromatic N) is 1. The van der Waals surface area contributed by atoms with E-state index in [4.69, 9.17) is 11.6 Å². The van der Waals surface area contributed by atoms with Crippen LogP contribution in [-0.2, 0) is 14.8 Å². The van der Waals surface area contributed by atoms with E-state index in [0.29, 0.717) is 16.3 Å². The molecule has 0 heterocycles. The highest BCUT2D eigenvalue weighted by atomic mass is 35.5. The van der Waals surface area contributed by atoms with Gasteiger partial charge in [0.25, 0.3) is 0 Å². The van der Waals surface area contributed by atoms with Gasteiger partial charge < -0.3 is 5.32 Å². The molecule has 0 spiro atoms. The molecule has 146 valence electrons. The van der Waals surface area contributed by atoms with Gasteiger partial charge in [0, 0.05) is 5.02 Å². The number of halogens is 1. The maximum absolute atomic E-state index is 12.6. The zero-order chi connectivity index (χ0) is 20.4. The first kappa shape index (κ1) is 21.3. The van der Waals surface area contributed by atoms with E-state index in [-0.39, 0.29) is 18.5 Å². The van der Waals surface area contributed by atoms with E-state index in [2.05, 4.69) is 11.4 Å². The van der Waals surface area contributed by atoms with Crippen molar-refractivity contribution in [2.75, 3.05) is 17.1 Å². The van der Waals surface area contributed by atoms with Gasteiger partial charge in [-0.15, -0.1) is 0 Å². The van der Waals surface area contributed by atoms with E-state index >= 15 is 0 Å². The molecule has 0 saturated heterocycles. The fraction of sp³-hybridized carbons (Fsp3) is 0.350. The zero-order valence-corrected chi connectivity index (χ0v) is 17.8. The van der Waals surface area contributed by atoms with Gasteiger partial charge in [-0.05, 0) is 56.5 Å². The normalized spacial score (nSPS) is 12.5. The van der Waals surface area contributed by atoms with Crippen molar-refractivity contribution in [3.8, 4) is 0 Å². The quantitative estimate of drug-likeness (QED) is 0.787. The van der Waals surface area contributed by atoms with Crippen LogP contribution in [0, 0.1) is 20.8 Å².